The molecule has 92 valence electrons. The second-order valence-corrected chi connectivity index (χ2v) is 3.91. The average molecular weight is 235 g/mol. The van der Waals surface area contributed by atoms with Crippen molar-refractivity contribution in [2.45, 2.75) is 26.4 Å². The maximum Gasteiger partial charge on any atom is 0.242 e. The molecule has 1 heterocycles. The molecule has 0 saturated carbocycles. The van der Waals surface area contributed by atoms with Crippen molar-refractivity contribution < 1.29 is 4.74 Å². The SMILES string of the molecule is CC(C)Oc1ncnc(N(C)CCC#N)c1N. The molecule has 0 aliphatic carbocycles. The van der Waals surface area contributed by atoms with Gasteiger partial charge in [0.25, 0.3) is 0 Å². The van der Waals surface area contributed by atoms with E-state index in [0.717, 1.165) is 0 Å². The van der Waals surface area contributed by atoms with Crippen molar-refractivity contribution in [2.24, 2.45) is 0 Å². The highest BCUT2D eigenvalue weighted by Gasteiger charge is 2.13. The van der Waals surface area contributed by atoms with Crippen LogP contribution in [0.25, 0.3) is 0 Å². The van der Waals surface area contributed by atoms with Gasteiger partial charge in [-0.1, -0.05) is 0 Å². The van der Waals surface area contributed by atoms with Gasteiger partial charge in [0.05, 0.1) is 18.6 Å². The fraction of sp³-hybridized carbons (Fsp3) is 0.545. The summed E-state index contributed by atoms with van der Waals surface area (Å²) in [6.07, 6.45) is 1.83. The molecular formula is C11H17N5O. The Morgan fingerprint density at radius 3 is 2.82 bits per heavy atom. The van der Waals surface area contributed by atoms with Gasteiger partial charge in [-0.05, 0) is 13.8 Å². The Balaban J connectivity index is 2.90. The maximum atomic E-state index is 8.54. The van der Waals surface area contributed by atoms with Crippen LogP contribution in [0.1, 0.15) is 20.3 Å². The molecule has 0 saturated heterocycles. The van der Waals surface area contributed by atoms with E-state index in [2.05, 4.69) is 16.0 Å². The van der Waals surface area contributed by atoms with E-state index in [4.69, 9.17) is 15.7 Å². The Kier molecular flexibility index (Phi) is 4.52. The first-order valence-electron chi connectivity index (χ1n) is 5.41. The molecule has 0 bridgehead atoms. The van der Waals surface area contributed by atoms with Gasteiger partial charge in [-0.3, -0.25) is 0 Å². The summed E-state index contributed by atoms with van der Waals surface area (Å²) in [5, 5.41) is 8.54. The monoisotopic (exact) mass is 235 g/mol. The van der Waals surface area contributed by atoms with Gasteiger partial charge in [-0.25, -0.2) is 4.98 Å². The van der Waals surface area contributed by atoms with Gasteiger partial charge in [-0.2, -0.15) is 10.2 Å². The topological polar surface area (TPSA) is 88.1 Å². The predicted molar refractivity (Wildman–Crippen MR) is 65.7 cm³/mol. The summed E-state index contributed by atoms with van der Waals surface area (Å²) in [5.74, 6) is 0.972. The zero-order valence-corrected chi connectivity index (χ0v) is 10.3. The number of nitrogens with zero attached hydrogens (tertiary/aromatic N) is 4. The van der Waals surface area contributed by atoms with Crippen molar-refractivity contribution in [1.29, 1.82) is 5.26 Å². The largest absolute Gasteiger partial charge is 0.473 e. The Morgan fingerprint density at radius 2 is 2.24 bits per heavy atom. The van der Waals surface area contributed by atoms with Crippen LogP contribution in [0.4, 0.5) is 11.5 Å². The second kappa shape index (κ2) is 5.89. The highest BCUT2D eigenvalue weighted by molar-refractivity contribution is 5.67. The van der Waals surface area contributed by atoms with Crippen LogP contribution in [0.5, 0.6) is 5.88 Å². The lowest BCUT2D eigenvalue weighted by molar-refractivity contribution is 0.234. The summed E-state index contributed by atoms with van der Waals surface area (Å²) >= 11 is 0. The number of nitriles is 1. The first-order valence-corrected chi connectivity index (χ1v) is 5.41. The lowest BCUT2D eigenvalue weighted by Crippen LogP contribution is -2.21. The summed E-state index contributed by atoms with van der Waals surface area (Å²) in [7, 11) is 1.83. The van der Waals surface area contributed by atoms with E-state index in [0.29, 0.717) is 30.4 Å². The van der Waals surface area contributed by atoms with Crippen LogP contribution < -0.4 is 15.4 Å². The molecule has 0 aliphatic rings. The number of nitrogen functional groups attached to an aromatic ring is 1. The number of anilines is 2. The smallest absolute Gasteiger partial charge is 0.242 e. The van der Waals surface area contributed by atoms with Gasteiger partial charge in [0.15, 0.2) is 5.82 Å². The minimum Gasteiger partial charge on any atom is -0.473 e. The van der Waals surface area contributed by atoms with Crippen LogP contribution in [-0.4, -0.2) is 29.7 Å². The predicted octanol–water partition coefficient (Wildman–Crippen LogP) is 1.20. The van der Waals surface area contributed by atoms with E-state index in [1.807, 2.05) is 25.8 Å². The Bertz CT molecular complexity index is 413. The lowest BCUT2D eigenvalue weighted by Gasteiger charge is -2.19. The van der Waals surface area contributed by atoms with Crippen LogP contribution >= 0.6 is 0 Å². The van der Waals surface area contributed by atoms with Crippen LogP contribution in [0.3, 0.4) is 0 Å². The number of aromatic nitrogens is 2. The third kappa shape index (κ3) is 3.48. The first kappa shape index (κ1) is 13.0. The molecule has 0 fully saturated rings. The third-order valence-corrected chi connectivity index (χ3v) is 2.09. The van der Waals surface area contributed by atoms with E-state index in [9.17, 15) is 0 Å². The highest BCUT2D eigenvalue weighted by Crippen LogP contribution is 2.27. The molecule has 0 amide bonds. The molecule has 1 aromatic heterocycles. The number of rotatable bonds is 5. The first-order chi connectivity index (χ1) is 8.06. The third-order valence-electron chi connectivity index (χ3n) is 2.09. The molecular weight excluding hydrogens is 218 g/mol. The van der Waals surface area contributed by atoms with Crippen molar-refractivity contribution in [3.8, 4) is 11.9 Å². The molecule has 1 aromatic rings. The highest BCUT2D eigenvalue weighted by atomic mass is 16.5. The van der Waals surface area contributed by atoms with Gasteiger partial charge in [0.1, 0.15) is 12.0 Å². The summed E-state index contributed by atoms with van der Waals surface area (Å²) < 4.78 is 5.47. The lowest BCUT2D eigenvalue weighted by atomic mass is 10.3. The molecule has 0 spiro atoms. The van der Waals surface area contributed by atoms with Crippen molar-refractivity contribution in [3.05, 3.63) is 6.33 Å². The Labute approximate surface area is 101 Å². The van der Waals surface area contributed by atoms with Crippen molar-refractivity contribution in [2.75, 3.05) is 24.2 Å². The van der Waals surface area contributed by atoms with Gasteiger partial charge in [0.2, 0.25) is 5.88 Å². The zero-order valence-electron chi connectivity index (χ0n) is 10.3. The van der Waals surface area contributed by atoms with Gasteiger partial charge in [0, 0.05) is 13.6 Å². The minimum atomic E-state index is 0.00413. The van der Waals surface area contributed by atoms with Crippen LogP contribution in [-0.2, 0) is 0 Å². The standard InChI is InChI=1S/C11H17N5O/c1-8(2)17-11-9(13)10(14-7-15-11)16(3)6-4-5-12/h7-8H,4,6,13H2,1-3H3. The maximum absolute atomic E-state index is 8.54. The zero-order chi connectivity index (χ0) is 12.8. The van der Waals surface area contributed by atoms with Gasteiger partial charge >= 0.3 is 0 Å². The number of ether oxygens (including phenoxy) is 1. The molecule has 6 nitrogen and oxygen atoms in total. The number of nitrogens with two attached hydrogens (primary N) is 1. The molecule has 2 N–H and O–H groups in total. The summed E-state index contributed by atoms with van der Waals surface area (Å²) in [5.41, 5.74) is 6.33. The van der Waals surface area contributed by atoms with Gasteiger partial charge in [-0.15, -0.1) is 0 Å². The fourth-order valence-electron chi connectivity index (χ4n) is 1.32. The summed E-state index contributed by atoms with van der Waals surface area (Å²) in [6.45, 7) is 4.38. The number of hydrogen-bond donors (Lipinski definition) is 1. The normalized spacial score (nSPS) is 10.1. The molecule has 1 rings (SSSR count). The van der Waals surface area contributed by atoms with Crippen LogP contribution in [0.2, 0.25) is 0 Å². The van der Waals surface area contributed by atoms with E-state index in [1.54, 1.807) is 0 Å². The molecule has 0 unspecified atom stereocenters. The van der Waals surface area contributed by atoms with Crippen molar-refractivity contribution in [3.63, 3.8) is 0 Å². The average Bonchev–Trinajstić information content (AvgIpc) is 2.28. The summed E-state index contributed by atoms with van der Waals surface area (Å²) in [6, 6.07) is 2.08. The molecule has 17 heavy (non-hydrogen) atoms. The Hall–Kier alpha value is -2.03. The van der Waals surface area contributed by atoms with Crippen LogP contribution in [0.15, 0.2) is 6.33 Å². The minimum absolute atomic E-state index is 0.00413. The molecule has 0 aromatic carbocycles. The van der Waals surface area contributed by atoms with E-state index in [1.165, 1.54) is 6.33 Å². The quantitative estimate of drug-likeness (QED) is 0.824. The van der Waals surface area contributed by atoms with E-state index >= 15 is 0 Å². The van der Waals surface area contributed by atoms with E-state index in [-0.39, 0.29) is 6.10 Å². The fourth-order valence-corrected chi connectivity index (χ4v) is 1.32. The van der Waals surface area contributed by atoms with Crippen molar-refractivity contribution >= 4 is 11.5 Å². The van der Waals surface area contributed by atoms with E-state index < -0.39 is 0 Å². The Morgan fingerprint density at radius 1 is 1.53 bits per heavy atom. The van der Waals surface area contributed by atoms with Crippen molar-refractivity contribution in [1.82, 2.24) is 9.97 Å². The van der Waals surface area contributed by atoms with Crippen LogP contribution in [0, 0.1) is 11.3 Å². The molecule has 0 aliphatic heterocycles. The number of hydrogen-bond acceptors (Lipinski definition) is 6. The molecule has 6 heteroatoms. The summed E-state index contributed by atoms with van der Waals surface area (Å²) in [4.78, 5) is 9.90. The second-order valence-electron chi connectivity index (χ2n) is 3.91. The van der Waals surface area contributed by atoms with Gasteiger partial charge < -0.3 is 15.4 Å². The molecule has 0 atom stereocenters. The molecule has 0 radical (unpaired) electrons.